The summed E-state index contributed by atoms with van der Waals surface area (Å²) in [6, 6.07) is 7.82. The Morgan fingerprint density at radius 2 is 2.00 bits per heavy atom. The first-order chi connectivity index (χ1) is 11.1. The quantitative estimate of drug-likeness (QED) is 0.888. The molecule has 0 aliphatic carbocycles. The molecule has 3 rings (SSSR count). The number of nitrogens with one attached hydrogen (secondary N) is 2. The van der Waals surface area contributed by atoms with E-state index in [1.165, 1.54) is 12.1 Å². The second-order valence-corrected chi connectivity index (χ2v) is 5.63. The van der Waals surface area contributed by atoms with Crippen LogP contribution >= 0.6 is 0 Å². The molecule has 2 aromatic rings. The third kappa shape index (κ3) is 3.94. The fraction of sp³-hybridized carbons (Fsp3) is 0.375. The summed E-state index contributed by atoms with van der Waals surface area (Å²) < 4.78 is 14.7. The van der Waals surface area contributed by atoms with E-state index < -0.39 is 0 Å². The van der Waals surface area contributed by atoms with Crippen LogP contribution in [0.15, 0.2) is 30.3 Å². The number of piperazine rings is 1. The molecule has 2 heterocycles. The summed E-state index contributed by atoms with van der Waals surface area (Å²) in [5.41, 5.74) is 1.49. The van der Waals surface area contributed by atoms with Gasteiger partial charge in [-0.15, -0.1) is 0 Å². The van der Waals surface area contributed by atoms with Crippen LogP contribution in [0.25, 0.3) is 5.69 Å². The second kappa shape index (κ2) is 6.89. The lowest BCUT2D eigenvalue weighted by molar-refractivity contribution is -0.117. The number of carbonyl (C=O) groups excluding carboxylic acids is 1. The zero-order chi connectivity index (χ0) is 16.2. The Labute approximate surface area is 134 Å². The van der Waals surface area contributed by atoms with Crippen molar-refractivity contribution >= 4 is 11.7 Å². The van der Waals surface area contributed by atoms with Gasteiger partial charge < -0.3 is 10.6 Å². The standard InChI is InChI=1S/C16H20FN5O/c1-12-10-15(19-16(23)11-21-8-6-18-7-9-21)22(20-12)14-4-2-13(17)3-5-14/h2-5,10,18H,6-9,11H2,1H3,(H,19,23). The van der Waals surface area contributed by atoms with Gasteiger partial charge in [0.2, 0.25) is 5.91 Å². The lowest BCUT2D eigenvalue weighted by Crippen LogP contribution is -2.46. The van der Waals surface area contributed by atoms with Gasteiger partial charge in [0.15, 0.2) is 0 Å². The van der Waals surface area contributed by atoms with Gasteiger partial charge in [-0.3, -0.25) is 9.69 Å². The maximum atomic E-state index is 13.1. The Bertz CT molecular complexity index is 676. The van der Waals surface area contributed by atoms with Gasteiger partial charge >= 0.3 is 0 Å². The zero-order valence-electron chi connectivity index (χ0n) is 13.1. The van der Waals surface area contributed by atoms with Gasteiger partial charge in [-0.2, -0.15) is 5.10 Å². The van der Waals surface area contributed by atoms with E-state index in [0.717, 1.165) is 31.9 Å². The molecular weight excluding hydrogens is 297 g/mol. The van der Waals surface area contributed by atoms with Gasteiger partial charge in [-0.25, -0.2) is 9.07 Å². The van der Waals surface area contributed by atoms with E-state index in [0.29, 0.717) is 18.1 Å². The van der Waals surface area contributed by atoms with E-state index in [2.05, 4.69) is 20.6 Å². The van der Waals surface area contributed by atoms with Crippen molar-refractivity contribution in [2.75, 3.05) is 38.0 Å². The summed E-state index contributed by atoms with van der Waals surface area (Å²) in [5.74, 6) is 0.214. The van der Waals surface area contributed by atoms with Gasteiger partial charge in [0.25, 0.3) is 0 Å². The topological polar surface area (TPSA) is 62.2 Å². The predicted molar refractivity (Wildman–Crippen MR) is 86.2 cm³/mol. The smallest absolute Gasteiger partial charge is 0.239 e. The van der Waals surface area contributed by atoms with Gasteiger partial charge in [0.1, 0.15) is 11.6 Å². The highest BCUT2D eigenvalue weighted by atomic mass is 19.1. The SMILES string of the molecule is Cc1cc(NC(=O)CN2CCNCC2)n(-c2ccc(F)cc2)n1. The van der Waals surface area contributed by atoms with E-state index in [1.54, 1.807) is 22.9 Å². The van der Waals surface area contributed by atoms with E-state index in [-0.39, 0.29) is 11.7 Å². The molecule has 7 heteroatoms. The Morgan fingerprint density at radius 3 is 2.70 bits per heavy atom. The second-order valence-electron chi connectivity index (χ2n) is 5.63. The highest BCUT2D eigenvalue weighted by Crippen LogP contribution is 2.17. The highest BCUT2D eigenvalue weighted by Gasteiger charge is 2.16. The van der Waals surface area contributed by atoms with Crippen LogP contribution in [0, 0.1) is 12.7 Å². The van der Waals surface area contributed by atoms with Crippen LogP contribution in [0.5, 0.6) is 0 Å². The van der Waals surface area contributed by atoms with Crippen LogP contribution in [0.1, 0.15) is 5.69 Å². The van der Waals surface area contributed by atoms with Crippen molar-refractivity contribution in [1.29, 1.82) is 0 Å². The fourth-order valence-corrected chi connectivity index (χ4v) is 2.62. The molecule has 0 radical (unpaired) electrons. The van der Waals surface area contributed by atoms with Crippen LogP contribution < -0.4 is 10.6 Å². The Balaban J connectivity index is 1.72. The number of hydrogen-bond donors (Lipinski definition) is 2. The maximum Gasteiger partial charge on any atom is 0.239 e. The molecule has 1 aliphatic heterocycles. The summed E-state index contributed by atoms with van der Waals surface area (Å²) >= 11 is 0. The number of halogens is 1. The van der Waals surface area contributed by atoms with Crippen molar-refractivity contribution in [2.24, 2.45) is 0 Å². The molecule has 0 bridgehead atoms. The maximum absolute atomic E-state index is 13.1. The van der Waals surface area contributed by atoms with Crippen LogP contribution in [-0.2, 0) is 4.79 Å². The van der Waals surface area contributed by atoms with E-state index in [1.807, 2.05) is 6.92 Å². The number of anilines is 1. The predicted octanol–water partition coefficient (Wildman–Crippen LogP) is 1.16. The van der Waals surface area contributed by atoms with Crippen LogP contribution in [-0.4, -0.2) is 53.3 Å². The largest absolute Gasteiger partial charge is 0.314 e. The third-order valence-electron chi connectivity index (χ3n) is 3.75. The first-order valence-electron chi connectivity index (χ1n) is 7.67. The van der Waals surface area contributed by atoms with Crippen molar-refractivity contribution in [3.05, 3.63) is 41.8 Å². The minimum absolute atomic E-state index is 0.0739. The van der Waals surface area contributed by atoms with E-state index in [4.69, 9.17) is 0 Å². The zero-order valence-corrected chi connectivity index (χ0v) is 13.1. The highest BCUT2D eigenvalue weighted by molar-refractivity contribution is 5.91. The minimum Gasteiger partial charge on any atom is -0.314 e. The van der Waals surface area contributed by atoms with Crippen molar-refractivity contribution in [3.8, 4) is 5.69 Å². The first kappa shape index (κ1) is 15.6. The van der Waals surface area contributed by atoms with Crippen LogP contribution in [0.3, 0.4) is 0 Å². The van der Waals surface area contributed by atoms with Crippen LogP contribution in [0.2, 0.25) is 0 Å². The number of carbonyl (C=O) groups is 1. The van der Waals surface area contributed by atoms with Crippen molar-refractivity contribution < 1.29 is 9.18 Å². The van der Waals surface area contributed by atoms with E-state index in [9.17, 15) is 9.18 Å². The van der Waals surface area contributed by atoms with Gasteiger partial charge in [0.05, 0.1) is 17.9 Å². The summed E-state index contributed by atoms with van der Waals surface area (Å²) in [6.07, 6.45) is 0. The van der Waals surface area contributed by atoms with Gasteiger partial charge in [-0.1, -0.05) is 0 Å². The molecule has 1 saturated heterocycles. The summed E-state index contributed by atoms with van der Waals surface area (Å²) in [4.78, 5) is 14.4. The van der Waals surface area contributed by atoms with Crippen molar-refractivity contribution in [3.63, 3.8) is 0 Å². The average molecular weight is 317 g/mol. The lowest BCUT2D eigenvalue weighted by atomic mass is 10.3. The number of aryl methyl sites for hydroxylation is 1. The molecule has 23 heavy (non-hydrogen) atoms. The number of nitrogens with zero attached hydrogens (tertiary/aromatic N) is 3. The molecule has 122 valence electrons. The number of aromatic nitrogens is 2. The molecule has 0 atom stereocenters. The molecular formula is C16H20FN5O. The summed E-state index contributed by atoms with van der Waals surface area (Å²) in [5, 5.41) is 10.5. The Kier molecular flexibility index (Phi) is 4.68. The molecule has 1 aliphatic rings. The molecule has 1 fully saturated rings. The minimum atomic E-state index is -0.304. The molecule has 0 saturated carbocycles. The molecule has 1 amide bonds. The van der Waals surface area contributed by atoms with Crippen molar-refractivity contribution in [1.82, 2.24) is 20.0 Å². The Morgan fingerprint density at radius 1 is 1.30 bits per heavy atom. The monoisotopic (exact) mass is 317 g/mol. The Hall–Kier alpha value is -2.25. The summed E-state index contributed by atoms with van der Waals surface area (Å²) in [7, 11) is 0. The first-order valence-corrected chi connectivity index (χ1v) is 7.67. The van der Waals surface area contributed by atoms with E-state index >= 15 is 0 Å². The number of hydrogen-bond acceptors (Lipinski definition) is 4. The summed E-state index contributed by atoms with van der Waals surface area (Å²) in [6.45, 7) is 5.74. The molecule has 1 aromatic carbocycles. The number of rotatable bonds is 4. The molecule has 0 spiro atoms. The molecule has 0 unspecified atom stereocenters. The fourth-order valence-electron chi connectivity index (χ4n) is 2.62. The van der Waals surface area contributed by atoms with Gasteiger partial charge in [0, 0.05) is 32.2 Å². The van der Waals surface area contributed by atoms with Gasteiger partial charge in [-0.05, 0) is 31.2 Å². The molecule has 2 N–H and O–H groups in total. The third-order valence-corrected chi connectivity index (χ3v) is 3.75. The molecule has 6 nitrogen and oxygen atoms in total. The lowest BCUT2D eigenvalue weighted by Gasteiger charge is -2.26. The normalized spacial score (nSPS) is 15.6. The average Bonchev–Trinajstić information content (AvgIpc) is 2.89. The number of amides is 1. The van der Waals surface area contributed by atoms with Crippen LogP contribution in [0.4, 0.5) is 10.2 Å². The molecule has 1 aromatic heterocycles. The number of benzene rings is 1. The van der Waals surface area contributed by atoms with Crippen molar-refractivity contribution in [2.45, 2.75) is 6.92 Å².